The third-order valence-electron chi connectivity index (χ3n) is 0.136. The molecule has 0 bridgehead atoms. The van der Waals surface area contributed by atoms with Gasteiger partial charge in [-0.1, -0.05) is 0 Å². The van der Waals surface area contributed by atoms with E-state index < -0.39 is 0 Å². The van der Waals surface area contributed by atoms with Crippen LogP contribution >= 0.6 is 0 Å². The van der Waals surface area contributed by atoms with Gasteiger partial charge in [0.05, 0.1) is 0 Å². The molecule has 0 rings (SSSR count). The van der Waals surface area contributed by atoms with Gasteiger partial charge < -0.3 is 4.74 Å². The first kappa shape index (κ1) is 4.85. The normalized spacial score (nSPS) is 6.60. The van der Waals surface area contributed by atoms with Crippen LogP contribution in [0.3, 0.4) is 0 Å². The van der Waals surface area contributed by atoms with Crippen LogP contribution in [0.2, 0.25) is 0 Å². The maximum atomic E-state index is 9.27. The second-order valence-corrected chi connectivity index (χ2v) is 0.813. The van der Waals surface area contributed by atoms with Gasteiger partial charge in [0, 0.05) is 7.11 Å². The summed E-state index contributed by atoms with van der Waals surface area (Å²) in [6.07, 6.45) is 0. The summed E-state index contributed by atoms with van der Waals surface area (Å²) in [5, 5.41) is 0. The van der Waals surface area contributed by atoms with Crippen molar-refractivity contribution >= 4 is 16.8 Å². The molecule has 0 aliphatic carbocycles. The number of hydrogen-bond acceptors (Lipinski definition) is 2. The molecule has 0 saturated heterocycles. The zero-order valence-electron chi connectivity index (χ0n) is 2.80. The minimum Gasteiger partial charge on any atom is -0.343 e. The van der Waals surface area contributed by atoms with Crippen molar-refractivity contribution in [3.05, 3.63) is 0 Å². The quantitative estimate of drug-likeness (QED) is 0.411. The van der Waals surface area contributed by atoms with Gasteiger partial charge in [0.25, 0.3) is 0 Å². The highest BCUT2D eigenvalue weighted by molar-refractivity contribution is 7.64. The van der Waals surface area contributed by atoms with Crippen molar-refractivity contribution in [3.63, 3.8) is 0 Å². The third-order valence-corrected chi connectivity index (χ3v) is 0.407. The van der Waals surface area contributed by atoms with Gasteiger partial charge in [-0.25, -0.2) is 4.21 Å². The fourth-order valence-corrected chi connectivity index (χ4v) is 0.118. The average molecular weight is 92.1 g/mol. The molecule has 0 unspecified atom stereocenters. The van der Waals surface area contributed by atoms with Crippen LogP contribution in [-0.4, -0.2) is 16.9 Å². The maximum Gasteiger partial charge on any atom is 0.131 e. The molecule has 0 atom stereocenters. The van der Waals surface area contributed by atoms with Gasteiger partial charge in [-0.2, -0.15) is 0 Å². The highest BCUT2D eigenvalue weighted by Crippen LogP contribution is 1.39. The lowest BCUT2D eigenvalue weighted by Crippen LogP contribution is -1.70. The summed E-state index contributed by atoms with van der Waals surface area (Å²) in [5.41, 5.74) is 1.11. The minimum absolute atomic E-state index is 0.304. The van der Waals surface area contributed by atoms with Crippen molar-refractivity contribution in [1.82, 2.24) is 0 Å². The molecule has 0 radical (unpaired) electrons. The van der Waals surface area contributed by atoms with Crippen molar-refractivity contribution in [1.29, 1.82) is 0 Å². The largest absolute Gasteiger partial charge is 0.343 e. The Balaban J connectivity index is 2.93. The lowest BCUT2D eigenvalue weighted by molar-refractivity contribution is 0.431. The first-order valence-corrected chi connectivity index (χ1v) is 1.85. The van der Waals surface area contributed by atoms with E-state index in [-0.39, 0.29) is 0 Å². The molecule has 0 heterocycles. The standard InChI is InChI=1S/C2H4O2S/c1-4-2-5-3/h2H,1H3. The molecule has 0 aromatic carbocycles. The van der Waals surface area contributed by atoms with E-state index in [4.69, 9.17) is 0 Å². The minimum atomic E-state index is 0.304. The Kier molecular flexibility index (Phi) is 3.73. The third kappa shape index (κ3) is 3.85. The van der Waals surface area contributed by atoms with E-state index in [0.29, 0.717) is 11.3 Å². The second kappa shape index (κ2) is 3.85. The van der Waals surface area contributed by atoms with Crippen LogP contribution in [-0.2, 0) is 16.0 Å². The van der Waals surface area contributed by atoms with E-state index in [9.17, 15) is 4.21 Å². The van der Waals surface area contributed by atoms with Crippen LogP contribution in [0, 0.1) is 0 Å². The van der Waals surface area contributed by atoms with Gasteiger partial charge in [-0.05, 0) is 0 Å². The number of rotatable bonds is 1. The van der Waals surface area contributed by atoms with E-state index in [0.717, 1.165) is 5.55 Å². The highest BCUT2D eigenvalue weighted by atomic mass is 32.1. The Morgan fingerprint density at radius 2 is 2.60 bits per heavy atom. The SMILES string of the molecule is COC=S=O. The summed E-state index contributed by atoms with van der Waals surface area (Å²) in [5.74, 6) is 0. The predicted octanol–water partition coefficient (Wildman–Crippen LogP) is -0.394. The zero-order valence-corrected chi connectivity index (χ0v) is 3.62. The Morgan fingerprint density at radius 3 is 2.60 bits per heavy atom. The summed E-state index contributed by atoms with van der Waals surface area (Å²) in [4.78, 5) is 0. The molecule has 3 heteroatoms. The summed E-state index contributed by atoms with van der Waals surface area (Å²) >= 11 is 0.304. The molecule has 2 nitrogen and oxygen atoms in total. The highest BCUT2D eigenvalue weighted by Gasteiger charge is 1.48. The van der Waals surface area contributed by atoms with Crippen LogP contribution in [0.15, 0.2) is 0 Å². The molecule has 0 aliphatic heterocycles. The van der Waals surface area contributed by atoms with Gasteiger partial charge >= 0.3 is 0 Å². The summed E-state index contributed by atoms with van der Waals surface area (Å²) in [6.45, 7) is 0. The molecule has 0 saturated carbocycles. The van der Waals surface area contributed by atoms with Gasteiger partial charge in [-0.3, -0.25) is 0 Å². The molecular weight excluding hydrogens is 88.1 g/mol. The smallest absolute Gasteiger partial charge is 0.131 e. The summed E-state index contributed by atoms with van der Waals surface area (Å²) in [7, 11) is 1.44. The van der Waals surface area contributed by atoms with Crippen LogP contribution in [0.4, 0.5) is 0 Å². The Labute approximate surface area is 33.8 Å². The number of ether oxygens (including phenoxy) is 1. The molecule has 0 amide bonds. The topological polar surface area (TPSA) is 26.3 Å². The monoisotopic (exact) mass is 92.0 g/mol. The van der Waals surface area contributed by atoms with Gasteiger partial charge in [0.15, 0.2) is 0 Å². The van der Waals surface area contributed by atoms with E-state index in [1.165, 1.54) is 7.11 Å². The average Bonchev–Trinajstić information content (AvgIpc) is 1.41. The van der Waals surface area contributed by atoms with Crippen molar-refractivity contribution in [2.45, 2.75) is 0 Å². The lowest BCUT2D eigenvalue weighted by Gasteiger charge is -1.64. The predicted molar refractivity (Wildman–Crippen MR) is 21.2 cm³/mol. The van der Waals surface area contributed by atoms with Crippen LogP contribution in [0.1, 0.15) is 0 Å². The molecule has 0 aliphatic rings. The zero-order chi connectivity index (χ0) is 4.12. The summed E-state index contributed by atoms with van der Waals surface area (Å²) in [6, 6.07) is 0. The number of hydrogen-bond donors (Lipinski definition) is 0. The van der Waals surface area contributed by atoms with Gasteiger partial charge in [-0.15, -0.1) is 0 Å². The first-order chi connectivity index (χ1) is 2.41. The van der Waals surface area contributed by atoms with Crippen molar-refractivity contribution in [3.8, 4) is 0 Å². The van der Waals surface area contributed by atoms with Crippen LogP contribution in [0.5, 0.6) is 0 Å². The van der Waals surface area contributed by atoms with Crippen LogP contribution in [0.25, 0.3) is 0 Å². The molecule has 0 aromatic heterocycles. The van der Waals surface area contributed by atoms with Gasteiger partial charge in [0.2, 0.25) is 0 Å². The lowest BCUT2D eigenvalue weighted by atomic mass is 11.5. The molecule has 0 spiro atoms. The van der Waals surface area contributed by atoms with Crippen molar-refractivity contribution in [2.24, 2.45) is 0 Å². The van der Waals surface area contributed by atoms with Gasteiger partial charge in [0.1, 0.15) is 16.8 Å². The molecule has 0 aromatic rings. The van der Waals surface area contributed by atoms with E-state index in [2.05, 4.69) is 4.74 Å². The Morgan fingerprint density at radius 1 is 2.00 bits per heavy atom. The molecular formula is C2H4O2S. The van der Waals surface area contributed by atoms with E-state index >= 15 is 0 Å². The summed E-state index contributed by atoms with van der Waals surface area (Å²) < 4.78 is 13.5. The van der Waals surface area contributed by atoms with E-state index in [1.54, 1.807) is 0 Å². The van der Waals surface area contributed by atoms with Crippen LogP contribution < -0.4 is 0 Å². The molecule has 0 fully saturated rings. The van der Waals surface area contributed by atoms with Crippen molar-refractivity contribution < 1.29 is 8.95 Å². The fourth-order valence-electron chi connectivity index (χ4n) is 0.0393. The molecule has 5 heavy (non-hydrogen) atoms. The molecule has 0 N–H and O–H groups in total. The fraction of sp³-hybridized carbons (Fsp3) is 0.500. The molecule has 30 valence electrons. The maximum absolute atomic E-state index is 9.27. The second-order valence-electron chi connectivity index (χ2n) is 0.428. The Bertz CT molecular complexity index is 54.7. The van der Waals surface area contributed by atoms with Crippen molar-refractivity contribution in [2.75, 3.05) is 7.11 Å². The first-order valence-electron chi connectivity index (χ1n) is 1.05. The van der Waals surface area contributed by atoms with E-state index in [1.807, 2.05) is 0 Å². The Hall–Kier alpha value is -0.150. The number of methoxy groups -OCH3 is 1.